The summed E-state index contributed by atoms with van der Waals surface area (Å²) in [6.07, 6.45) is 0. The van der Waals surface area contributed by atoms with Gasteiger partial charge in [-0.2, -0.15) is 0 Å². The van der Waals surface area contributed by atoms with Gasteiger partial charge in [-0.05, 0) is 35.0 Å². The van der Waals surface area contributed by atoms with Crippen LogP contribution in [0.5, 0.6) is 0 Å². The van der Waals surface area contributed by atoms with Crippen LogP contribution < -0.4 is 0 Å². The normalized spacial score (nSPS) is 12.2. The molecule has 25 heavy (non-hydrogen) atoms. The van der Waals surface area contributed by atoms with Crippen LogP contribution >= 0.6 is 11.6 Å². The van der Waals surface area contributed by atoms with E-state index >= 15 is 0 Å². The molecule has 0 radical (unpaired) electrons. The standard InChI is InChI=1S/C22H11ClO2/c23-13-8-9-15-16-6-3-7-17-20(16)21-19(24-17)10-12-4-1-2-5-14(12)22(21)25-18(15)11-13/h1-11H. The highest BCUT2D eigenvalue weighted by Gasteiger charge is 2.17. The summed E-state index contributed by atoms with van der Waals surface area (Å²) in [5, 5.41) is 7.08. The molecule has 0 N–H and O–H groups in total. The molecule has 0 aliphatic rings. The molecule has 6 aromatic rings. The van der Waals surface area contributed by atoms with Gasteiger partial charge in [-0.1, -0.05) is 48.0 Å². The van der Waals surface area contributed by atoms with Crippen molar-refractivity contribution in [3.63, 3.8) is 0 Å². The van der Waals surface area contributed by atoms with Crippen LogP contribution in [-0.4, -0.2) is 0 Å². The van der Waals surface area contributed by atoms with Crippen LogP contribution in [0.1, 0.15) is 0 Å². The number of hydrogen-bond acceptors (Lipinski definition) is 2. The molecule has 2 nitrogen and oxygen atoms in total. The molecule has 0 saturated carbocycles. The van der Waals surface area contributed by atoms with Gasteiger partial charge in [-0.3, -0.25) is 0 Å². The highest BCUT2D eigenvalue weighted by Crippen LogP contribution is 2.42. The first kappa shape index (κ1) is 13.3. The van der Waals surface area contributed by atoms with E-state index in [4.69, 9.17) is 20.4 Å². The molecular weight excluding hydrogens is 332 g/mol. The molecule has 0 aliphatic carbocycles. The summed E-state index contributed by atoms with van der Waals surface area (Å²) >= 11 is 6.24. The topological polar surface area (TPSA) is 26.3 Å². The van der Waals surface area contributed by atoms with Gasteiger partial charge in [0.25, 0.3) is 0 Å². The van der Waals surface area contributed by atoms with Gasteiger partial charge in [0.15, 0.2) is 0 Å². The SMILES string of the molecule is Clc1ccc2c(c1)oc1c3ccccc3cc3oc4cccc2c4c31. The summed E-state index contributed by atoms with van der Waals surface area (Å²) < 4.78 is 12.6. The summed E-state index contributed by atoms with van der Waals surface area (Å²) in [7, 11) is 0. The third-order valence-corrected chi connectivity index (χ3v) is 5.14. The number of rotatable bonds is 0. The molecule has 4 aromatic carbocycles. The van der Waals surface area contributed by atoms with Crippen LogP contribution in [0, 0.1) is 0 Å². The molecule has 0 amide bonds. The zero-order valence-electron chi connectivity index (χ0n) is 13.0. The van der Waals surface area contributed by atoms with Crippen LogP contribution in [0.25, 0.3) is 54.6 Å². The number of fused-ring (bicyclic) bond motifs is 4. The van der Waals surface area contributed by atoms with Crippen molar-refractivity contribution in [2.24, 2.45) is 0 Å². The van der Waals surface area contributed by atoms with E-state index in [1.807, 2.05) is 42.5 Å². The van der Waals surface area contributed by atoms with Crippen molar-refractivity contribution < 1.29 is 8.83 Å². The van der Waals surface area contributed by atoms with Gasteiger partial charge in [-0.25, -0.2) is 0 Å². The summed E-state index contributed by atoms with van der Waals surface area (Å²) in [5.41, 5.74) is 3.32. The van der Waals surface area contributed by atoms with E-state index in [0.29, 0.717) is 5.02 Å². The first-order valence-electron chi connectivity index (χ1n) is 8.14. The summed E-state index contributed by atoms with van der Waals surface area (Å²) in [6, 6.07) is 22.2. The number of furan rings is 1. The number of halogens is 1. The van der Waals surface area contributed by atoms with Crippen molar-refractivity contribution in [2.75, 3.05) is 0 Å². The van der Waals surface area contributed by atoms with Crippen molar-refractivity contribution in [3.05, 3.63) is 71.8 Å². The minimum absolute atomic E-state index is 0.661. The van der Waals surface area contributed by atoms with E-state index in [9.17, 15) is 0 Å². The Bertz CT molecular complexity index is 1450. The predicted octanol–water partition coefficient (Wildman–Crippen LogP) is 7.29. The molecule has 2 heterocycles. The Labute approximate surface area is 147 Å². The fourth-order valence-corrected chi connectivity index (χ4v) is 4.00. The Morgan fingerprint density at radius 3 is 2.44 bits per heavy atom. The zero-order chi connectivity index (χ0) is 16.5. The number of benzene rings is 4. The molecule has 0 aliphatic heterocycles. The fraction of sp³-hybridized carbons (Fsp3) is 0. The first-order valence-corrected chi connectivity index (χ1v) is 8.52. The average Bonchev–Trinajstić information content (AvgIpc) is 2.92. The monoisotopic (exact) mass is 342 g/mol. The average molecular weight is 343 g/mol. The Hall–Kier alpha value is -2.97. The number of hydrogen-bond donors (Lipinski definition) is 0. The maximum absolute atomic E-state index is 6.43. The van der Waals surface area contributed by atoms with Crippen molar-refractivity contribution in [2.45, 2.75) is 0 Å². The maximum Gasteiger partial charge on any atom is 0.147 e. The lowest BCUT2D eigenvalue weighted by atomic mass is 10.0. The Kier molecular flexibility index (Phi) is 2.43. The second-order valence-electron chi connectivity index (χ2n) is 6.32. The van der Waals surface area contributed by atoms with Gasteiger partial charge < -0.3 is 8.83 Å². The molecule has 0 spiro atoms. The fourth-order valence-electron chi connectivity index (χ4n) is 3.84. The van der Waals surface area contributed by atoms with Crippen LogP contribution in [0.2, 0.25) is 5.02 Å². The van der Waals surface area contributed by atoms with Crippen molar-refractivity contribution in [1.29, 1.82) is 0 Å². The highest BCUT2D eigenvalue weighted by molar-refractivity contribution is 6.32. The molecule has 0 saturated heterocycles. The minimum Gasteiger partial charge on any atom is -0.456 e. The van der Waals surface area contributed by atoms with Crippen molar-refractivity contribution in [3.8, 4) is 0 Å². The summed E-state index contributed by atoms with van der Waals surface area (Å²) in [4.78, 5) is 0. The molecule has 6 rings (SSSR count). The second kappa shape index (κ2) is 4.56. The molecule has 2 aromatic heterocycles. The smallest absolute Gasteiger partial charge is 0.147 e. The third-order valence-electron chi connectivity index (χ3n) is 4.91. The van der Waals surface area contributed by atoms with Crippen molar-refractivity contribution in [1.82, 2.24) is 0 Å². The molecule has 0 atom stereocenters. The Morgan fingerprint density at radius 2 is 1.48 bits per heavy atom. The summed E-state index contributed by atoms with van der Waals surface area (Å²) in [6.45, 7) is 0. The van der Waals surface area contributed by atoms with Crippen LogP contribution in [-0.2, 0) is 0 Å². The zero-order valence-corrected chi connectivity index (χ0v) is 13.8. The van der Waals surface area contributed by atoms with Gasteiger partial charge in [0, 0.05) is 27.2 Å². The highest BCUT2D eigenvalue weighted by atomic mass is 35.5. The Morgan fingerprint density at radius 1 is 0.600 bits per heavy atom. The predicted molar refractivity (Wildman–Crippen MR) is 104 cm³/mol. The van der Waals surface area contributed by atoms with E-state index < -0.39 is 0 Å². The largest absolute Gasteiger partial charge is 0.456 e. The minimum atomic E-state index is 0.661. The maximum atomic E-state index is 6.43. The lowest BCUT2D eigenvalue weighted by molar-refractivity contribution is 0.660. The lowest BCUT2D eigenvalue weighted by Crippen LogP contribution is -1.75. The molecule has 118 valence electrons. The van der Waals surface area contributed by atoms with Crippen LogP contribution in [0.3, 0.4) is 0 Å². The van der Waals surface area contributed by atoms with Crippen molar-refractivity contribution >= 4 is 66.3 Å². The van der Waals surface area contributed by atoms with E-state index in [-0.39, 0.29) is 0 Å². The van der Waals surface area contributed by atoms with Crippen LogP contribution in [0.15, 0.2) is 75.6 Å². The first-order chi connectivity index (χ1) is 12.3. The molecule has 3 heteroatoms. The second-order valence-corrected chi connectivity index (χ2v) is 6.76. The molecular formula is C22H11ClO2. The van der Waals surface area contributed by atoms with Gasteiger partial charge in [0.1, 0.15) is 22.3 Å². The van der Waals surface area contributed by atoms with E-state index in [1.54, 1.807) is 0 Å². The van der Waals surface area contributed by atoms with Gasteiger partial charge in [-0.15, -0.1) is 0 Å². The quantitative estimate of drug-likeness (QED) is 0.289. The Balaban J connectivity index is 2.09. The molecule has 0 bridgehead atoms. The third kappa shape index (κ3) is 1.70. The van der Waals surface area contributed by atoms with Gasteiger partial charge >= 0.3 is 0 Å². The van der Waals surface area contributed by atoms with Crippen LogP contribution in [0.4, 0.5) is 0 Å². The van der Waals surface area contributed by atoms with E-state index in [2.05, 4.69) is 24.3 Å². The molecule has 0 unspecified atom stereocenters. The van der Waals surface area contributed by atoms with E-state index in [0.717, 1.165) is 54.6 Å². The van der Waals surface area contributed by atoms with Gasteiger partial charge in [0.2, 0.25) is 0 Å². The van der Waals surface area contributed by atoms with Gasteiger partial charge in [0.05, 0.1) is 5.39 Å². The lowest BCUT2D eigenvalue weighted by Gasteiger charge is -2.00. The van der Waals surface area contributed by atoms with E-state index in [1.165, 1.54) is 0 Å². The summed E-state index contributed by atoms with van der Waals surface area (Å²) in [5.74, 6) is 0. The molecule has 0 fully saturated rings.